The number of carbonyl (C=O) groups is 1. The number of rotatable bonds is 6. The summed E-state index contributed by atoms with van der Waals surface area (Å²) in [5, 5.41) is 16.1. The zero-order chi connectivity index (χ0) is 13.7. The first-order valence-electron chi connectivity index (χ1n) is 5.86. The SMILES string of the molecule is Cc1ccc(OCc2nnc(CCC(=O)O)o2)cc1. The van der Waals surface area contributed by atoms with Gasteiger partial charge in [0.15, 0.2) is 6.61 Å². The van der Waals surface area contributed by atoms with E-state index in [1.165, 1.54) is 0 Å². The predicted octanol–water partition coefficient (Wildman–Crippen LogP) is 1.97. The molecule has 0 fully saturated rings. The van der Waals surface area contributed by atoms with Crippen LogP contribution in [0.5, 0.6) is 5.75 Å². The van der Waals surface area contributed by atoms with E-state index in [1.54, 1.807) is 0 Å². The lowest BCUT2D eigenvalue weighted by Crippen LogP contribution is -1.97. The highest BCUT2D eigenvalue weighted by Gasteiger charge is 2.08. The summed E-state index contributed by atoms with van der Waals surface area (Å²) in [5.74, 6) is 0.470. The van der Waals surface area contributed by atoms with Gasteiger partial charge in [0.2, 0.25) is 5.89 Å². The minimum Gasteiger partial charge on any atom is -0.484 e. The Morgan fingerprint density at radius 1 is 1.26 bits per heavy atom. The van der Waals surface area contributed by atoms with E-state index in [9.17, 15) is 4.79 Å². The molecule has 2 aromatic rings. The third-order valence-electron chi connectivity index (χ3n) is 2.44. The molecular weight excluding hydrogens is 248 g/mol. The maximum absolute atomic E-state index is 10.4. The molecule has 0 aliphatic carbocycles. The van der Waals surface area contributed by atoms with Crippen LogP contribution >= 0.6 is 0 Å². The van der Waals surface area contributed by atoms with Crippen molar-refractivity contribution < 1.29 is 19.1 Å². The smallest absolute Gasteiger partial charge is 0.303 e. The third kappa shape index (κ3) is 4.09. The van der Waals surface area contributed by atoms with Gasteiger partial charge in [0.1, 0.15) is 5.75 Å². The van der Waals surface area contributed by atoms with E-state index in [0.29, 0.717) is 11.8 Å². The molecule has 6 heteroatoms. The van der Waals surface area contributed by atoms with Crippen molar-refractivity contribution in [3.05, 3.63) is 41.6 Å². The zero-order valence-electron chi connectivity index (χ0n) is 10.5. The Morgan fingerprint density at radius 3 is 2.63 bits per heavy atom. The first-order chi connectivity index (χ1) is 9.13. The van der Waals surface area contributed by atoms with Gasteiger partial charge in [-0.2, -0.15) is 0 Å². The number of aryl methyl sites for hydroxylation is 2. The lowest BCUT2D eigenvalue weighted by molar-refractivity contribution is -0.137. The topological polar surface area (TPSA) is 85.5 Å². The Morgan fingerprint density at radius 2 is 1.95 bits per heavy atom. The molecule has 0 spiro atoms. The molecule has 0 saturated carbocycles. The van der Waals surface area contributed by atoms with Gasteiger partial charge in [0.25, 0.3) is 5.89 Å². The fourth-order valence-corrected chi connectivity index (χ4v) is 1.44. The highest BCUT2D eigenvalue weighted by Crippen LogP contribution is 2.13. The number of benzene rings is 1. The lowest BCUT2D eigenvalue weighted by Gasteiger charge is -2.02. The first-order valence-corrected chi connectivity index (χ1v) is 5.86. The van der Waals surface area contributed by atoms with Gasteiger partial charge in [-0.25, -0.2) is 0 Å². The highest BCUT2D eigenvalue weighted by atomic mass is 16.5. The van der Waals surface area contributed by atoms with Crippen molar-refractivity contribution in [3.63, 3.8) is 0 Å². The molecule has 1 aromatic carbocycles. The molecule has 1 N–H and O–H groups in total. The lowest BCUT2D eigenvalue weighted by atomic mass is 10.2. The van der Waals surface area contributed by atoms with Gasteiger partial charge in [0.05, 0.1) is 6.42 Å². The Kier molecular flexibility index (Phi) is 4.12. The highest BCUT2D eigenvalue weighted by molar-refractivity contribution is 5.66. The minimum absolute atomic E-state index is 0.0273. The summed E-state index contributed by atoms with van der Waals surface area (Å²) in [6.45, 7) is 2.17. The van der Waals surface area contributed by atoms with E-state index in [0.717, 1.165) is 11.3 Å². The monoisotopic (exact) mass is 262 g/mol. The van der Waals surface area contributed by atoms with Crippen molar-refractivity contribution in [1.29, 1.82) is 0 Å². The van der Waals surface area contributed by atoms with Crippen molar-refractivity contribution >= 4 is 5.97 Å². The van der Waals surface area contributed by atoms with E-state index >= 15 is 0 Å². The largest absolute Gasteiger partial charge is 0.484 e. The summed E-state index contributed by atoms with van der Waals surface area (Å²) in [4.78, 5) is 10.4. The van der Waals surface area contributed by atoms with Crippen LogP contribution in [0.25, 0.3) is 0 Å². The molecule has 19 heavy (non-hydrogen) atoms. The second kappa shape index (κ2) is 5.99. The summed E-state index contributed by atoms with van der Waals surface area (Å²) >= 11 is 0. The molecule has 0 atom stereocenters. The number of hydrogen-bond donors (Lipinski definition) is 1. The summed E-state index contributed by atoms with van der Waals surface area (Å²) in [7, 11) is 0. The van der Waals surface area contributed by atoms with Crippen LogP contribution in [-0.4, -0.2) is 21.3 Å². The zero-order valence-corrected chi connectivity index (χ0v) is 10.5. The summed E-state index contributed by atoms with van der Waals surface area (Å²) < 4.78 is 10.7. The number of aliphatic carboxylic acids is 1. The number of carboxylic acid groups (broad SMARTS) is 1. The van der Waals surface area contributed by atoms with Gasteiger partial charge in [0, 0.05) is 6.42 Å². The van der Waals surface area contributed by atoms with Gasteiger partial charge in [-0.05, 0) is 19.1 Å². The second-order valence-corrected chi connectivity index (χ2v) is 4.09. The van der Waals surface area contributed by atoms with Gasteiger partial charge in [-0.15, -0.1) is 10.2 Å². The number of ether oxygens (including phenoxy) is 1. The molecule has 0 saturated heterocycles. The van der Waals surface area contributed by atoms with Crippen LogP contribution in [0.1, 0.15) is 23.8 Å². The van der Waals surface area contributed by atoms with Crippen LogP contribution < -0.4 is 4.74 Å². The van der Waals surface area contributed by atoms with Crippen LogP contribution in [0.2, 0.25) is 0 Å². The predicted molar refractivity (Wildman–Crippen MR) is 65.8 cm³/mol. The maximum atomic E-state index is 10.4. The molecule has 0 aliphatic rings. The standard InChI is InChI=1S/C13H14N2O4/c1-9-2-4-10(5-3-9)18-8-12-15-14-11(19-12)6-7-13(16)17/h2-5H,6-8H2,1H3,(H,16,17). The summed E-state index contributed by atoms with van der Waals surface area (Å²) in [5.41, 5.74) is 1.15. The van der Waals surface area contributed by atoms with Crippen molar-refractivity contribution in [1.82, 2.24) is 10.2 Å². The van der Waals surface area contributed by atoms with Crippen LogP contribution in [-0.2, 0) is 17.8 Å². The Labute approximate surface area is 110 Å². The summed E-state index contributed by atoms with van der Waals surface area (Å²) in [6.07, 6.45) is 0.202. The van der Waals surface area contributed by atoms with Gasteiger partial charge in [-0.1, -0.05) is 17.7 Å². The Bertz CT molecular complexity index is 548. The quantitative estimate of drug-likeness (QED) is 0.856. The Hall–Kier alpha value is -2.37. The van der Waals surface area contributed by atoms with E-state index in [-0.39, 0.29) is 19.4 Å². The second-order valence-electron chi connectivity index (χ2n) is 4.09. The normalized spacial score (nSPS) is 10.4. The van der Waals surface area contributed by atoms with Crippen molar-refractivity contribution in [2.24, 2.45) is 0 Å². The maximum Gasteiger partial charge on any atom is 0.303 e. The molecule has 2 rings (SSSR count). The van der Waals surface area contributed by atoms with Crippen LogP contribution in [0.3, 0.4) is 0 Å². The van der Waals surface area contributed by atoms with E-state index in [2.05, 4.69) is 10.2 Å². The number of aromatic nitrogens is 2. The van der Waals surface area contributed by atoms with Crippen LogP contribution in [0, 0.1) is 6.92 Å². The fraction of sp³-hybridized carbons (Fsp3) is 0.308. The van der Waals surface area contributed by atoms with Crippen LogP contribution in [0.4, 0.5) is 0 Å². The first kappa shape index (κ1) is 13.1. The Balaban J connectivity index is 1.86. The molecular formula is C13H14N2O4. The average Bonchev–Trinajstić information content (AvgIpc) is 2.84. The van der Waals surface area contributed by atoms with Crippen molar-refractivity contribution in [3.8, 4) is 5.75 Å². The van der Waals surface area contributed by atoms with Gasteiger partial charge >= 0.3 is 5.97 Å². The molecule has 0 amide bonds. The fourth-order valence-electron chi connectivity index (χ4n) is 1.44. The molecule has 0 radical (unpaired) electrons. The van der Waals surface area contributed by atoms with Crippen LogP contribution in [0.15, 0.2) is 28.7 Å². The molecule has 0 bridgehead atoms. The molecule has 6 nitrogen and oxygen atoms in total. The minimum atomic E-state index is -0.893. The average molecular weight is 262 g/mol. The molecule has 0 unspecified atom stereocenters. The van der Waals surface area contributed by atoms with Crippen molar-refractivity contribution in [2.45, 2.75) is 26.4 Å². The molecule has 1 heterocycles. The van der Waals surface area contributed by atoms with Crippen molar-refractivity contribution in [2.75, 3.05) is 0 Å². The number of nitrogens with zero attached hydrogens (tertiary/aromatic N) is 2. The van der Waals surface area contributed by atoms with E-state index in [4.69, 9.17) is 14.3 Å². The molecule has 0 aliphatic heterocycles. The number of hydrogen-bond acceptors (Lipinski definition) is 5. The van der Waals surface area contributed by atoms with E-state index < -0.39 is 5.97 Å². The number of carboxylic acids is 1. The summed E-state index contributed by atoms with van der Waals surface area (Å²) in [6, 6.07) is 7.61. The van der Waals surface area contributed by atoms with Gasteiger partial charge < -0.3 is 14.3 Å². The van der Waals surface area contributed by atoms with Gasteiger partial charge in [-0.3, -0.25) is 4.79 Å². The third-order valence-corrected chi connectivity index (χ3v) is 2.44. The molecule has 1 aromatic heterocycles. The molecule has 100 valence electrons. The van der Waals surface area contributed by atoms with E-state index in [1.807, 2.05) is 31.2 Å².